The van der Waals surface area contributed by atoms with Crippen LogP contribution in [-0.4, -0.2) is 16.9 Å². The molecule has 0 amide bonds. The third-order valence-corrected chi connectivity index (χ3v) is 3.22. The fourth-order valence-electron chi connectivity index (χ4n) is 2.28. The van der Waals surface area contributed by atoms with Gasteiger partial charge >= 0.3 is 11.9 Å². The van der Waals surface area contributed by atoms with Gasteiger partial charge in [-0.3, -0.25) is 14.4 Å². The summed E-state index contributed by atoms with van der Waals surface area (Å²) in [7, 11) is 0. The summed E-state index contributed by atoms with van der Waals surface area (Å²) in [6, 6.07) is 11.0. The van der Waals surface area contributed by atoms with E-state index in [9.17, 15) is 14.4 Å². The van der Waals surface area contributed by atoms with Gasteiger partial charge in [0.1, 0.15) is 17.1 Å². The summed E-state index contributed by atoms with van der Waals surface area (Å²) in [4.78, 5) is 38.5. The van der Waals surface area contributed by atoms with Gasteiger partial charge in [0, 0.05) is 13.8 Å². The summed E-state index contributed by atoms with van der Waals surface area (Å²) in [5.41, 5.74) is 0.0900. The van der Waals surface area contributed by atoms with E-state index >= 15 is 0 Å². The normalized spacial score (nSPS) is 10.5. The molecule has 0 saturated carbocycles. The molecule has 0 saturated heterocycles. The number of carbonyl (C=O) groups excluding carboxylic acids is 2. The molecule has 25 heavy (non-hydrogen) atoms. The molecular weight excluding hydrogens is 326 g/mol. The average Bonchev–Trinajstić information content (AvgIpc) is 2.54. The largest absolute Gasteiger partial charge is 0.437 e. The minimum Gasteiger partial charge on any atom is -0.437 e. The van der Waals surface area contributed by atoms with E-state index in [1.807, 2.05) is 0 Å². The highest BCUT2D eigenvalue weighted by Gasteiger charge is 2.15. The van der Waals surface area contributed by atoms with E-state index in [4.69, 9.17) is 13.9 Å². The van der Waals surface area contributed by atoms with Gasteiger partial charge in [-0.25, -0.2) is 0 Å². The summed E-state index contributed by atoms with van der Waals surface area (Å²) in [6.07, 6.45) is 0. The van der Waals surface area contributed by atoms with Crippen molar-refractivity contribution >= 4 is 22.9 Å². The highest BCUT2D eigenvalue weighted by molar-refractivity contribution is 5.81. The van der Waals surface area contributed by atoms with E-state index in [1.54, 1.807) is 24.3 Å². The molecule has 2 aromatic carbocycles. The quantitative estimate of drug-likeness (QED) is 0.534. The summed E-state index contributed by atoms with van der Waals surface area (Å²) in [5.74, 6) is -0.511. The van der Waals surface area contributed by atoms with Crippen molar-refractivity contribution in [1.82, 2.24) is 4.98 Å². The van der Waals surface area contributed by atoms with Crippen molar-refractivity contribution in [2.24, 2.45) is 0 Å². The predicted octanol–water partition coefficient (Wildman–Crippen LogP) is 2.71. The van der Waals surface area contributed by atoms with Gasteiger partial charge in [-0.15, -0.1) is 0 Å². The van der Waals surface area contributed by atoms with Crippen LogP contribution in [0.1, 0.15) is 13.8 Å². The van der Waals surface area contributed by atoms with Crippen molar-refractivity contribution in [3.63, 3.8) is 0 Å². The number of nitrogens with zero attached hydrogens (tertiary/aromatic N) is 1. The Kier molecular flexibility index (Phi) is 4.30. The number of benzene rings is 2. The maximum atomic E-state index is 12.3. The molecule has 7 heteroatoms. The topological polar surface area (TPSA) is 95.7 Å². The molecule has 7 nitrogen and oxygen atoms in total. The van der Waals surface area contributed by atoms with Gasteiger partial charge in [0.05, 0.1) is 10.9 Å². The molecular formula is C18H13NO6. The van der Waals surface area contributed by atoms with Crippen LogP contribution >= 0.6 is 0 Å². The van der Waals surface area contributed by atoms with E-state index in [0.717, 1.165) is 0 Å². The Bertz CT molecular complexity index is 1040. The fraction of sp³-hybridized carbons (Fsp3) is 0.111. The van der Waals surface area contributed by atoms with Crippen LogP contribution in [0.25, 0.3) is 22.4 Å². The summed E-state index contributed by atoms with van der Waals surface area (Å²) < 4.78 is 15.7. The molecule has 0 atom stereocenters. The van der Waals surface area contributed by atoms with Crippen LogP contribution in [0.4, 0.5) is 0 Å². The molecule has 0 bridgehead atoms. The zero-order valence-electron chi connectivity index (χ0n) is 13.4. The van der Waals surface area contributed by atoms with Gasteiger partial charge in [0.2, 0.25) is 5.89 Å². The molecule has 1 aromatic heterocycles. The van der Waals surface area contributed by atoms with E-state index < -0.39 is 17.5 Å². The lowest BCUT2D eigenvalue weighted by molar-refractivity contribution is -0.132. The van der Waals surface area contributed by atoms with Gasteiger partial charge < -0.3 is 13.9 Å². The van der Waals surface area contributed by atoms with Crippen LogP contribution in [-0.2, 0) is 9.59 Å². The number of rotatable bonds is 3. The Balaban J connectivity index is 2.12. The lowest BCUT2D eigenvalue weighted by atomic mass is 10.2. The number of carbonyl (C=O) groups is 2. The van der Waals surface area contributed by atoms with Crippen LogP contribution in [0.2, 0.25) is 0 Å². The molecule has 126 valence electrons. The second-order valence-electron chi connectivity index (χ2n) is 5.17. The van der Waals surface area contributed by atoms with Gasteiger partial charge in [-0.1, -0.05) is 12.1 Å². The van der Waals surface area contributed by atoms with Crippen LogP contribution < -0.4 is 15.0 Å². The van der Waals surface area contributed by atoms with Crippen molar-refractivity contribution < 1.29 is 23.5 Å². The maximum Gasteiger partial charge on any atom is 0.308 e. The van der Waals surface area contributed by atoms with Crippen molar-refractivity contribution in [3.8, 4) is 23.0 Å². The molecule has 0 aliphatic carbocycles. The Hall–Kier alpha value is -3.48. The predicted molar refractivity (Wildman–Crippen MR) is 88.3 cm³/mol. The third kappa shape index (κ3) is 3.55. The van der Waals surface area contributed by atoms with Gasteiger partial charge in [0.15, 0.2) is 0 Å². The first-order valence-corrected chi connectivity index (χ1v) is 7.35. The fourth-order valence-corrected chi connectivity index (χ4v) is 2.28. The van der Waals surface area contributed by atoms with Crippen LogP contribution in [0.5, 0.6) is 11.5 Å². The van der Waals surface area contributed by atoms with Gasteiger partial charge in [0.25, 0.3) is 5.56 Å². The minimum atomic E-state index is -0.553. The average molecular weight is 339 g/mol. The van der Waals surface area contributed by atoms with Crippen molar-refractivity contribution in [2.45, 2.75) is 13.8 Å². The Morgan fingerprint density at radius 1 is 1.00 bits per heavy atom. The van der Waals surface area contributed by atoms with E-state index in [2.05, 4.69) is 4.98 Å². The van der Waals surface area contributed by atoms with Gasteiger partial charge in [-0.05, 0) is 30.3 Å². The lowest BCUT2D eigenvalue weighted by Gasteiger charge is -2.08. The molecule has 3 aromatic rings. The molecule has 0 N–H and O–H groups in total. The number of aromatic nitrogens is 1. The summed E-state index contributed by atoms with van der Waals surface area (Å²) >= 11 is 0. The van der Waals surface area contributed by atoms with Crippen molar-refractivity contribution in [3.05, 3.63) is 52.8 Å². The number of hydrogen-bond acceptors (Lipinski definition) is 7. The first-order valence-electron chi connectivity index (χ1n) is 7.35. The SMILES string of the molecule is CC(=O)Oc1ccc2oc(-c3ccccc3OC(C)=O)nc(=O)c2c1. The zero-order valence-corrected chi connectivity index (χ0v) is 13.4. The number of fused-ring (bicyclic) bond motifs is 1. The molecule has 0 unspecified atom stereocenters. The minimum absolute atomic E-state index is 0.0228. The second-order valence-corrected chi connectivity index (χ2v) is 5.17. The molecule has 0 fully saturated rings. The number of esters is 2. The third-order valence-electron chi connectivity index (χ3n) is 3.22. The second kappa shape index (κ2) is 6.56. The van der Waals surface area contributed by atoms with Crippen molar-refractivity contribution in [1.29, 1.82) is 0 Å². The van der Waals surface area contributed by atoms with Gasteiger partial charge in [-0.2, -0.15) is 4.98 Å². The Morgan fingerprint density at radius 3 is 2.44 bits per heavy atom. The smallest absolute Gasteiger partial charge is 0.308 e. The van der Waals surface area contributed by atoms with Crippen LogP contribution in [0, 0.1) is 0 Å². The highest BCUT2D eigenvalue weighted by Crippen LogP contribution is 2.30. The van der Waals surface area contributed by atoms with E-state index in [0.29, 0.717) is 5.56 Å². The molecule has 3 rings (SSSR count). The Labute approximate surface area is 141 Å². The molecule has 0 aliphatic rings. The van der Waals surface area contributed by atoms with Crippen LogP contribution in [0.3, 0.4) is 0 Å². The monoisotopic (exact) mass is 339 g/mol. The first kappa shape index (κ1) is 16.4. The number of ether oxygens (including phenoxy) is 2. The molecule has 0 radical (unpaired) electrons. The first-order chi connectivity index (χ1) is 11.9. The summed E-state index contributed by atoms with van der Waals surface area (Å²) in [6.45, 7) is 2.54. The van der Waals surface area contributed by atoms with Crippen LogP contribution in [0.15, 0.2) is 51.7 Å². The molecule has 0 aliphatic heterocycles. The number of hydrogen-bond donors (Lipinski definition) is 0. The maximum absolute atomic E-state index is 12.3. The summed E-state index contributed by atoms with van der Waals surface area (Å²) in [5, 5.41) is 0.174. The lowest BCUT2D eigenvalue weighted by Crippen LogP contribution is -2.09. The Morgan fingerprint density at radius 2 is 1.72 bits per heavy atom. The standard InChI is InChI=1S/C18H13NO6/c1-10(20)23-12-7-8-16-14(9-12)17(22)19-18(25-16)13-5-3-4-6-15(13)24-11(2)21/h3-9H,1-2H3. The van der Waals surface area contributed by atoms with E-state index in [1.165, 1.54) is 32.0 Å². The molecule has 1 heterocycles. The highest BCUT2D eigenvalue weighted by atomic mass is 16.5. The van der Waals surface area contributed by atoms with E-state index in [-0.39, 0.29) is 28.4 Å². The zero-order chi connectivity index (χ0) is 18.0. The van der Waals surface area contributed by atoms with Crippen molar-refractivity contribution in [2.75, 3.05) is 0 Å². The number of para-hydroxylation sites is 1. The molecule has 0 spiro atoms.